The molecule has 0 atom stereocenters. The second-order valence-corrected chi connectivity index (χ2v) is 7.65. The molecule has 0 saturated heterocycles. The highest BCUT2D eigenvalue weighted by Gasteiger charge is 2.25. The molecule has 2 N–H and O–H groups in total. The molecule has 0 radical (unpaired) electrons. The third-order valence-electron chi connectivity index (χ3n) is 5.04. The van der Waals surface area contributed by atoms with Crippen molar-refractivity contribution in [3.05, 3.63) is 24.3 Å². The average Bonchev–Trinajstić information content (AvgIpc) is 3.33. The monoisotopic (exact) mass is 372 g/mol. The SMILES string of the molecule is CCN1CCN(c2nnc(NC(=O)NC3CCCC3)s2)c2ccccc21. The molecule has 1 aromatic heterocycles. The fourth-order valence-corrected chi connectivity index (χ4v) is 4.49. The molecule has 1 saturated carbocycles. The van der Waals surface area contributed by atoms with E-state index in [0.29, 0.717) is 5.13 Å². The largest absolute Gasteiger partial charge is 0.368 e. The van der Waals surface area contributed by atoms with Crippen LogP contribution in [-0.4, -0.2) is 41.9 Å². The Morgan fingerprint density at radius 2 is 1.96 bits per heavy atom. The van der Waals surface area contributed by atoms with Gasteiger partial charge in [0.25, 0.3) is 0 Å². The van der Waals surface area contributed by atoms with Crippen LogP contribution >= 0.6 is 11.3 Å². The zero-order valence-corrected chi connectivity index (χ0v) is 15.8. The summed E-state index contributed by atoms with van der Waals surface area (Å²) in [6, 6.07) is 8.46. The van der Waals surface area contributed by atoms with Crippen LogP contribution in [0.5, 0.6) is 0 Å². The average molecular weight is 372 g/mol. The van der Waals surface area contributed by atoms with Crippen molar-refractivity contribution in [3.63, 3.8) is 0 Å². The molecule has 26 heavy (non-hydrogen) atoms. The van der Waals surface area contributed by atoms with E-state index in [1.54, 1.807) is 0 Å². The maximum Gasteiger partial charge on any atom is 0.321 e. The maximum atomic E-state index is 12.1. The Morgan fingerprint density at radius 1 is 1.19 bits per heavy atom. The molecule has 2 aromatic rings. The summed E-state index contributed by atoms with van der Waals surface area (Å²) in [6.07, 6.45) is 4.51. The lowest BCUT2D eigenvalue weighted by molar-refractivity contribution is 0.248. The highest BCUT2D eigenvalue weighted by atomic mass is 32.1. The number of likely N-dealkylation sites (N-methyl/N-ethyl adjacent to an activating group) is 1. The topological polar surface area (TPSA) is 73.4 Å². The van der Waals surface area contributed by atoms with Crippen molar-refractivity contribution in [2.75, 3.05) is 34.8 Å². The smallest absolute Gasteiger partial charge is 0.321 e. The van der Waals surface area contributed by atoms with Gasteiger partial charge in [0.2, 0.25) is 10.3 Å². The second kappa shape index (κ2) is 7.49. The van der Waals surface area contributed by atoms with Crippen LogP contribution in [0.15, 0.2) is 24.3 Å². The molecule has 2 aliphatic rings. The van der Waals surface area contributed by atoms with Gasteiger partial charge in [0.05, 0.1) is 11.4 Å². The lowest BCUT2D eigenvalue weighted by Gasteiger charge is -2.36. The number of fused-ring (bicyclic) bond motifs is 1. The molecule has 0 unspecified atom stereocenters. The first-order valence-electron chi connectivity index (χ1n) is 9.27. The van der Waals surface area contributed by atoms with Gasteiger partial charge in [-0.2, -0.15) is 0 Å². The molecule has 1 aliphatic heterocycles. The van der Waals surface area contributed by atoms with E-state index < -0.39 is 0 Å². The molecule has 1 aromatic carbocycles. The quantitative estimate of drug-likeness (QED) is 0.858. The normalized spacial score (nSPS) is 17.3. The number of anilines is 4. The molecule has 1 aliphatic carbocycles. The Kier molecular flexibility index (Phi) is 4.92. The van der Waals surface area contributed by atoms with Gasteiger partial charge in [0, 0.05) is 25.7 Å². The first-order chi connectivity index (χ1) is 12.7. The van der Waals surface area contributed by atoms with Crippen molar-refractivity contribution in [2.24, 2.45) is 0 Å². The molecule has 0 bridgehead atoms. The molecular weight excluding hydrogens is 348 g/mol. The molecule has 1 fully saturated rings. The number of benzene rings is 1. The highest BCUT2D eigenvalue weighted by Crippen LogP contribution is 2.39. The van der Waals surface area contributed by atoms with Gasteiger partial charge in [0.1, 0.15) is 0 Å². The third kappa shape index (κ3) is 3.46. The minimum absolute atomic E-state index is 0.184. The number of rotatable bonds is 4. The van der Waals surface area contributed by atoms with Crippen LogP contribution in [-0.2, 0) is 0 Å². The summed E-state index contributed by atoms with van der Waals surface area (Å²) in [6.45, 7) is 4.95. The second-order valence-electron chi connectivity index (χ2n) is 6.69. The van der Waals surface area contributed by atoms with Gasteiger partial charge in [-0.05, 0) is 31.9 Å². The van der Waals surface area contributed by atoms with Gasteiger partial charge in [-0.3, -0.25) is 5.32 Å². The van der Waals surface area contributed by atoms with Crippen LogP contribution in [0.3, 0.4) is 0 Å². The molecular formula is C18H24N6OS. The van der Waals surface area contributed by atoms with Crippen molar-refractivity contribution >= 4 is 39.0 Å². The zero-order valence-electron chi connectivity index (χ0n) is 14.9. The van der Waals surface area contributed by atoms with Crippen LogP contribution < -0.4 is 20.4 Å². The predicted molar refractivity (Wildman–Crippen MR) is 106 cm³/mol. The van der Waals surface area contributed by atoms with Crippen molar-refractivity contribution < 1.29 is 4.79 Å². The van der Waals surface area contributed by atoms with Crippen molar-refractivity contribution in [2.45, 2.75) is 38.6 Å². The van der Waals surface area contributed by atoms with Crippen LogP contribution in [0.1, 0.15) is 32.6 Å². The number of nitrogens with one attached hydrogen (secondary N) is 2. The number of carbonyl (C=O) groups excluding carboxylic acids is 1. The number of carbonyl (C=O) groups is 1. The molecule has 138 valence electrons. The number of aromatic nitrogens is 2. The Hall–Kier alpha value is -2.35. The molecule has 0 spiro atoms. The standard InChI is InChI=1S/C18H24N6OS/c1-2-23-11-12-24(15-10-6-5-9-14(15)23)18-22-21-17(26-18)20-16(25)19-13-7-3-4-8-13/h5-6,9-10,13H,2-4,7-8,11-12H2,1H3,(H2,19,20,21,25). The van der Waals surface area contributed by atoms with E-state index in [1.807, 2.05) is 6.07 Å². The first kappa shape index (κ1) is 17.1. The zero-order chi connectivity index (χ0) is 17.9. The van der Waals surface area contributed by atoms with Crippen LogP contribution in [0.4, 0.5) is 26.4 Å². The lowest BCUT2D eigenvalue weighted by atomic mass is 10.2. The Morgan fingerprint density at radius 3 is 2.73 bits per heavy atom. The van der Waals surface area contributed by atoms with Crippen molar-refractivity contribution in [1.29, 1.82) is 0 Å². The number of nitrogens with zero attached hydrogens (tertiary/aromatic N) is 4. The van der Waals surface area contributed by atoms with E-state index in [2.05, 4.69) is 55.8 Å². The van der Waals surface area contributed by atoms with E-state index in [1.165, 1.54) is 29.9 Å². The summed E-state index contributed by atoms with van der Waals surface area (Å²) in [5.41, 5.74) is 2.35. The lowest BCUT2D eigenvalue weighted by Crippen LogP contribution is -2.38. The van der Waals surface area contributed by atoms with Crippen LogP contribution in [0, 0.1) is 0 Å². The summed E-state index contributed by atoms with van der Waals surface area (Å²) >= 11 is 1.41. The number of amides is 2. The summed E-state index contributed by atoms with van der Waals surface area (Å²) in [4.78, 5) is 16.7. The summed E-state index contributed by atoms with van der Waals surface area (Å²) in [5.74, 6) is 0. The Labute approximate surface area is 157 Å². The third-order valence-corrected chi connectivity index (χ3v) is 5.91. The predicted octanol–water partition coefficient (Wildman–Crippen LogP) is 3.58. The number of para-hydroxylation sites is 2. The Balaban J connectivity index is 1.47. The molecule has 2 amide bonds. The molecule has 7 nitrogen and oxygen atoms in total. The van der Waals surface area contributed by atoms with Gasteiger partial charge in [-0.1, -0.05) is 36.3 Å². The van der Waals surface area contributed by atoms with Gasteiger partial charge < -0.3 is 15.1 Å². The molecule has 8 heteroatoms. The van der Waals surface area contributed by atoms with Gasteiger partial charge in [-0.25, -0.2) is 4.79 Å². The van der Waals surface area contributed by atoms with E-state index in [9.17, 15) is 4.79 Å². The number of hydrogen-bond donors (Lipinski definition) is 2. The fraction of sp³-hybridized carbons (Fsp3) is 0.500. The van der Waals surface area contributed by atoms with E-state index in [4.69, 9.17) is 0 Å². The summed E-state index contributed by atoms with van der Waals surface area (Å²) in [7, 11) is 0. The van der Waals surface area contributed by atoms with E-state index in [0.717, 1.165) is 43.3 Å². The summed E-state index contributed by atoms with van der Waals surface area (Å²) in [5, 5.41) is 15.7. The summed E-state index contributed by atoms with van der Waals surface area (Å²) < 4.78 is 0. The van der Waals surface area contributed by atoms with Crippen molar-refractivity contribution in [3.8, 4) is 0 Å². The maximum absolute atomic E-state index is 12.1. The van der Waals surface area contributed by atoms with Crippen LogP contribution in [0.25, 0.3) is 0 Å². The van der Waals surface area contributed by atoms with E-state index >= 15 is 0 Å². The van der Waals surface area contributed by atoms with Gasteiger partial charge in [0.15, 0.2) is 0 Å². The van der Waals surface area contributed by atoms with Crippen LogP contribution in [0.2, 0.25) is 0 Å². The number of hydrogen-bond acceptors (Lipinski definition) is 6. The van der Waals surface area contributed by atoms with E-state index in [-0.39, 0.29) is 12.1 Å². The minimum atomic E-state index is -0.184. The Bertz CT molecular complexity index is 773. The molecule has 4 rings (SSSR count). The molecule has 2 heterocycles. The minimum Gasteiger partial charge on any atom is -0.368 e. The first-order valence-corrected chi connectivity index (χ1v) is 10.1. The number of urea groups is 1. The van der Waals surface area contributed by atoms with Gasteiger partial charge in [-0.15, -0.1) is 10.2 Å². The van der Waals surface area contributed by atoms with Crippen molar-refractivity contribution in [1.82, 2.24) is 15.5 Å². The highest BCUT2D eigenvalue weighted by molar-refractivity contribution is 7.19. The van der Waals surface area contributed by atoms with Gasteiger partial charge >= 0.3 is 6.03 Å². The fourth-order valence-electron chi connectivity index (χ4n) is 3.71.